The third-order valence-corrected chi connectivity index (χ3v) is 4.30. The van der Waals surface area contributed by atoms with Gasteiger partial charge in [0.05, 0.1) is 11.5 Å². The Hall–Kier alpha value is -1.99. The van der Waals surface area contributed by atoms with Crippen molar-refractivity contribution in [3.63, 3.8) is 0 Å². The van der Waals surface area contributed by atoms with Gasteiger partial charge in [0.2, 0.25) is 0 Å². The number of ether oxygens (including phenoxy) is 2. The molecule has 0 aliphatic rings. The van der Waals surface area contributed by atoms with Gasteiger partial charge < -0.3 is 14.8 Å². The molecule has 5 nitrogen and oxygen atoms in total. The number of nitrogens with one attached hydrogen (secondary N) is 1. The van der Waals surface area contributed by atoms with Crippen LogP contribution in [0.15, 0.2) is 24.3 Å². The minimum atomic E-state index is -0.774. The highest BCUT2D eigenvalue weighted by atomic mass is 32.1. The molecule has 1 aromatic carbocycles. The fourth-order valence-electron chi connectivity index (χ4n) is 2.08. The van der Waals surface area contributed by atoms with E-state index in [1.165, 1.54) is 30.6 Å². The normalized spacial score (nSPS) is 12.1. The van der Waals surface area contributed by atoms with E-state index in [4.69, 9.17) is 9.47 Å². The molecule has 0 saturated heterocycles. The fourth-order valence-corrected chi connectivity index (χ4v) is 3.03. The summed E-state index contributed by atoms with van der Waals surface area (Å²) in [6.07, 6.45) is 0.320. The van der Waals surface area contributed by atoms with E-state index in [0.717, 1.165) is 4.70 Å². The molecule has 0 spiro atoms. The van der Waals surface area contributed by atoms with Crippen molar-refractivity contribution < 1.29 is 23.5 Å². The van der Waals surface area contributed by atoms with Gasteiger partial charge in [0, 0.05) is 24.8 Å². The highest BCUT2D eigenvalue weighted by Crippen LogP contribution is 2.26. The Morgan fingerprint density at radius 2 is 2.13 bits per heavy atom. The average molecular weight is 339 g/mol. The van der Waals surface area contributed by atoms with Crippen LogP contribution in [0.2, 0.25) is 0 Å². The lowest BCUT2D eigenvalue weighted by atomic mass is 10.2. The smallest absolute Gasteiger partial charge is 0.328 e. The van der Waals surface area contributed by atoms with Crippen molar-refractivity contribution in [2.45, 2.75) is 19.4 Å². The van der Waals surface area contributed by atoms with Crippen molar-refractivity contribution in [1.82, 2.24) is 5.32 Å². The molecule has 1 aromatic heterocycles. The number of fused-ring (bicyclic) bond motifs is 1. The minimum absolute atomic E-state index is 0.236. The van der Waals surface area contributed by atoms with Crippen LogP contribution in [0, 0.1) is 5.82 Å². The summed E-state index contributed by atoms with van der Waals surface area (Å²) in [5, 5.41) is 3.31. The summed E-state index contributed by atoms with van der Waals surface area (Å²) in [6, 6.07) is 5.18. The van der Waals surface area contributed by atoms with E-state index >= 15 is 0 Å². The standard InChI is InChI=1S/C16H18FNO4S/c1-3-22-16(20)12(6-7-21-2)18-15(19)14-9-10-8-11(17)4-5-13(10)23-14/h4-5,8-9,12H,3,6-7H2,1-2H3,(H,18,19). The van der Waals surface area contributed by atoms with Crippen LogP contribution in [0.4, 0.5) is 4.39 Å². The zero-order valence-corrected chi connectivity index (χ0v) is 13.7. The second kappa shape index (κ2) is 8.03. The lowest BCUT2D eigenvalue weighted by molar-refractivity contribution is -0.145. The molecule has 0 saturated carbocycles. The number of halogens is 1. The van der Waals surface area contributed by atoms with Gasteiger partial charge in [-0.15, -0.1) is 11.3 Å². The van der Waals surface area contributed by atoms with Crippen molar-refractivity contribution >= 4 is 33.3 Å². The number of carbonyl (C=O) groups excluding carboxylic acids is 2. The largest absolute Gasteiger partial charge is 0.464 e. The predicted octanol–water partition coefficient (Wildman–Crippen LogP) is 2.74. The third-order valence-electron chi connectivity index (χ3n) is 3.19. The summed E-state index contributed by atoms with van der Waals surface area (Å²) in [7, 11) is 1.52. The molecular weight excluding hydrogens is 321 g/mol. The number of rotatable bonds is 7. The highest BCUT2D eigenvalue weighted by molar-refractivity contribution is 7.20. The first-order chi connectivity index (χ1) is 11.0. The van der Waals surface area contributed by atoms with Crippen LogP contribution in [-0.4, -0.2) is 38.2 Å². The molecule has 2 rings (SSSR count). The molecule has 1 atom stereocenters. The number of carbonyl (C=O) groups is 2. The maximum Gasteiger partial charge on any atom is 0.328 e. The number of amides is 1. The van der Waals surface area contributed by atoms with E-state index < -0.39 is 12.0 Å². The number of thiophene rings is 1. The maximum absolute atomic E-state index is 13.2. The Bertz CT molecular complexity index is 700. The molecule has 1 unspecified atom stereocenters. The zero-order chi connectivity index (χ0) is 16.8. The molecule has 0 radical (unpaired) electrons. The number of methoxy groups -OCH3 is 1. The lowest BCUT2D eigenvalue weighted by Crippen LogP contribution is -2.42. The van der Waals surface area contributed by atoms with E-state index in [1.54, 1.807) is 19.1 Å². The highest BCUT2D eigenvalue weighted by Gasteiger charge is 2.23. The average Bonchev–Trinajstić information content (AvgIpc) is 2.94. The lowest BCUT2D eigenvalue weighted by Gasteiger charge is -2.16. The van der Waals surface area contributed by atoms with E-state index in [1.807, 2.05) is 0 Å². The van der Waals surface area contributed by atoms with Gasteiger partial charge in [-0.25, -0.2) is 9.18 Å². The van der Waals surface area contributed by atoms with Gasteiger partial charge in [-0.2, -0.15) is 0 Å². The molecular formula is C16H18FNO4S. The van der Waals surface area contributed by atoms with Gasteiger partial charge in [0.25, 0.3) is 5.91 Å². The third kappa shape index (κ3) is 4.49. The number of hydrogen-bond acceptors (Lipinski definition) is 5. The second-order valence-electron chi connectivity index (χ2n) is 4.85. The van der Waals surface area contributed by atoms with Gasteiger partial charge in [-0.05, 0) is 36.6 Å². The van der Waals surface area contributed by atoms with E-state index in [2.05, 4.69) is 5.32 Å². The summed E-state index contributed by atoms with van der Waals surface area (Å²) < 4.78 is 23.9. The Morgan fingerprint density at radius 1 is 1.35 bits per heavy atom. The molecule has 0 aliphatic heterocycles. The first-order valence-corrected chi connectivity index (χ1v) is 8.02. The quantitative estimate of drug-likeness (QED) is 0.788. The van der Waals surface area contributed by atoms with Crippen LogP contribution >= 0.6 is 11.3 Å². The van der Waals surface area contributed by atoms with Crippen LogP contribution in [0.5, 0.6) is 0 Å². The van der Waals surface area contributed by atoms with E-state index in [-0.39, 0.29) is 18.3 Å². The van der Waals surface area contributed by atoms with Crippen LogP contribution in [0.25, 0.3) is 10.1 Å². The summed E-state index contributed by atoms with van der Waals surface area (Å²) >= 11 is 1.24. The molecule has 23 heavy (non-hydrogen) atoms. The first kappa shape index (κ1) is 17.4. The van der Waals surface area contributed by atoms with Crippen molar-refractivity contribution in [2.24, 2.45) is 0 Å². The van der Waals surface area contributed by atoms with Crippen LogP contribution in [0.3, 0.4) is 0 Å². The molecule has 1 amide bonds. The summed E-state index contributed by atoms with van der Waals surface area (Å²) in [4.78, 5) is 24.6. The fraction of sp³-hybridized carbons (Fsp3) is 0.375. The van der Waals surface area contributed by atoms with Gasteiger partial charge in [0.15, 0.2) is 0 Å². The van der Waals surface area contributed by atoms with Crippen LogP contribution in [-0.2, 0) is 14.3 Å². The molecule has 0 fully saturated rings. The SMILES string of the molecule is CCOC(=O)C(CCOC)NC(=O)c1cc2cc(F)ccc2s1. The summed E-state index contributed by atoms with van der Waals surface area (Å²) in [6.45, 7) is 2.26. The zero-order valence-electron chi connectivity index (χ0n) is 12.9. The Morgan fingerprint density at radius 3 is 2.83 bits per heavy atom. The molecule has 124 valence electrons. The molecule has 1 heterocycles. The van der Waals surface area contributed by atoms with E-state index in [0.29, 0.717) is 23.3 Å². The van der Waals surface area contributed by atoms with Gasteiger partial charge in [-0.3, -0.25) is 4.79 Å². The summed E-state index contributed by atoms with van der Waals surface area (Å²) in [5.74, 6) is -1.24. The Balaban J connectivity index is 2.13. The molecule has 1 N–H and O–H groups in total. The topological polar surface area (TPSA) is 64.6 Å². The van der Waals surface area contributed by atoms with Gasteiger partial charge in [-0.1, -0.05) is 0 Å². The van der Waals surface area contributed by atoms with Crippen LogP contribution in [0.1, 0.15) is 23.0 Å². The number of hydrogen-bond donors (Lipinski definition) is 1. The summed E-state index contributed by atoms with van der Waals surface area (Å²) in [5.41, 5.74) is 0. The molecule has 2 aromatic rings. The number of benzene rings is 1. The van der Waals surface area contributed by atoms with Crippen molar-refractivity contribution in [3.05, 3.63) is 35.0 Å². The Kier molecular flexibility index (Phi) is 6.06. The van der Waals surface area contributed by atoms with Crippen molar-refractivity contribution in [1.29, 1.82) is 0 Å². The number of esters is 1. The van der Waals surface area contributed by atoms with Crippen molar-refractivity contribution in [3.8, 4) is 0 Å². The predicted molar refractivity (Wildman–Crippen MR) is 86.2 cm³/mol. The molecule has 0 aliphatic carbocycles. The van der Waals surface area contributed by atoms with Gasteiger partial charge >= 0.3 is 5.97 Å². The second-order valence-corrected chi connectivity index (χ2v) is 5.94. The minimum Gasteiger partial charge on any atom is -0.464 e. The molecule has 0 bridgehead atoms. The Labute approximate surface area is 137 Å². The monoisotopic (exact) mass is 339 g/mol. The first-order valence-electron chi connectivity index (χ1n) is 7.20. The van der Waals surface area contributed by atoms with Crippen LogP contribution < -0.4 is 5.32 Å². The maximum atomic E-state index is 13.2. The van der Waals surface area contributed by atoms with E-state index in [9.17, 15) is 14.0 Å². The molecule has 7 heteroatoms. The van der Waals surface area contributed by atoms with Crippen molar-refractivity contribution in [2.75, 3.05) is 20.3 Å². The van der Waals surface area contributed by atoms with Gasteiger partial charge in [0.1, 0.15) is 11.9 Å².